The molecule has 0 radical (unpaired) electrons. The predicted molar refractivity (Wildman–Crippen MR) is 75.6 cm³/mol. The number of carbonyl (C=O) groups is 1. The van der Waals surface area contributed by atoms with E-state index >= 15 is 0 Å². The van der Waals surface area contributed by atoms with Gasteiger partial charge >= 0.3 is 0 Å². The third kappa shape index (κ3) is 4.63. The van der Waals surface area contributed by atoms with Gasteiger partial charge < -0.3 is 5.32 Å². The Bertz CT molecular complexity index is 657. The highest BCUT2D eigenvalue weighted by Crippen LogP contribution is 2.27. The van der Waals surface area contributed by atoms with Crippen molar-refractivity contribution < 1.29 is 18.1 Å². The molecule has 1 rings (SSSR count). The summed E-state index contributed by atoms with van der Waals surface area (Å²) >= 11 is 5.62. The van der Waals surface area contributed by atoms with Gasteiger partial charge in [0.1, 0.15) is 11.4 Å². The highest BCUT2D eigenvalue weighted by atomic mass is 35.5. The lowest BCUT2D eigenvalue weighted by atomic mass is 10.2. The van der Waals surface area contributed by atoms with E-state index in [1.807, 2.05) is 0 Å². The third-order valence-electron chi connectivity index (χ3n) is 2.15. The summed E-state index contributed by atoms with van der Waals surface area (Å²) in [6.45, 7) is 3.27. The van der Waals surface area contributed by atoms with Crippen LogP contribution in [0.1, 0.15) is 0 Å². The highest BCUT2D eigenvalue weighted by Gasteiger charge is 2.20. The summed E-state index contributed by atoms with van der Waals surface area (Å²) in [6.07, 6.45) is 1.16. The molecule has 0 saturated carbocycles. The molecule has 0 spiro atoms. The fraction of sp³-hybridized carbons (Fsp3) is 0.182. The van der Waals surface area contributed by atoms with Gasteiger partial charge in [0.05, 0.1) is 10.7 Å². The number of halogens is 1. The highest BCUT2D eigenvalue weighted by molar-refractivity contribution is 7.92. The molecule has 0 bridgehead atoms. The standard InChI is InChI=1S/C11H11ClN2O5S/c1-2-5-20(18,19)7-11(15)13-9-4-3-8(12)6-10(9)14(16)17/h2-4,6H,1,5,7H2,(H,13,15). The van der Waals surface area contributed by atoms with Crippen molar-refractivity contribution in [1.29, 1.82) is 0 Å². The van der Waals surface area contributed by atoms with Gasteiger partial charge in [-0.15, -0.1) is 6.58 Å². The van der Waals surface area contributed by atoms with Gasteiger partial charge in [-0.3, -0.25) is 14.9 Å². The second kappa shape index (κ2) is 6.49. The molecule has 7 nitrogen and oxygen atoms in total. The number of nitrogens with zero attached hydrogens (tertiary/aromatic N) is 1. The third-order valence-corrected chi connectivity index (χ3v) is 3.83. The Kier molecular flexibility index (Phi) is 5.23. The van der Waals surface area contributed by atoms with Crippen molar-refractivity contribution in [3.05, 3.63) is 46.0 Å². The quantitative estimate of drug-likeness (QED) is 0.489. The van der Waals surface area contributed by atoms with Crippen LogP contribution in [-0.4, -0.2) is 30.8 Å². The number of carbonyl (C=O) groups excluding carboxylic acids is 1. The number of benzene rings is 1. The molecule has 0 heterocycles. The zero-order valence-corrected chi connectivity index (χ0v) is 11.8. The number of amides is 1. The van der Waals surface area contributed by atoms with Crippen LogP contribution in [0.2, 0.25) is 5.02 Å². The maximum atomic E-state index is 11.6. The lowest BCUT2D eigenvalue weighted by molar-refractivity contribution is -0.383. The van der Waals surface area contributed by atoms with Crippen LogP contribution in [0.4, 0.5) is 11.4 Å². The average Bonchev–Trinajstić information content (AvgIpc) is 2.30. The van der Waals surface area contributed by atoms with Crippen LogP contribution < -0.4 is 5.32 Å². The molecule has 1 aromatic carbocycles. The number of anilines is 1. The lowest BCUT2D eigenvalue weighted by Gasteiger charge is -2.06. The molecular formula is C11H11ClN2O5S. The lowest BCUT2D eigenvalue weighted by Crippen LogP contribution is -2.24. The fourth-order valence-electron chi connectivity index (χ4n) is 1.39. The van der Waals surface area contributed by atoms with Crippen LogP contribution in [0.15, 0.2) is 30.9 Å². The zero-order chi connectivity index (χ0) is 15.3. The molecule has 1 amide bonds. The molecule has 20 heavy (non-hydrogen) atoms. The topological polar surface area (TPSA) is 106 Å². The molecule has 0 saturated heterocycles. The minimum Gasteiger partial charge on any atom is -0.319 e. The first kappa shape index (κ1) is 16.1. The Morgan fingerprint density at radius 2 is 2.15 bits per heavy atom. The summed E-state index contributed by atoms with van der Waals surface area (Å²) in [5.41, 5.74) is -0.523. The van der Waals surface area contributed by atoms with E-state index < -0.39 is 32.1 Å². The SMILES string of the molecule is C=CCS(=O)(=O)CC(=O)Nc1ccc(Cl)cc1[N+](=O)[O-]. The number of hydrogen-bond donors (Lipinski definition) is 1. The Labute approximate surface area is 120 Å². The fourth-order valence-corrected chi connectivity index (χ4v) is 2.50. The number of nitro groups is 1. The van der Waals surface area contributed by atoms with Crippen molar-refractivity contribution in [2.75, 3.05) is 16.8 Å². The predicted octanol–water partition coefficient (Wildman–Crippen LogP) is 1.79. The Hall–Kier alpha value is -1.93. The molecule has 0 aliphatic carbocycles. The maximum absolute atomic E-state index is 11.6. The first-order chi connectivity index (χ1) is 9.25. The van der Waals surface area contributed by atoms with Crippen LogP contribution in [0.25, 0.3) is 0 Å². The minimum atomic E-state index is -3.62. The number of hydrogen-bond acceptors (Lipinski definition) is 5. The van der Waals surface area contributed by atoms with E-state index in [0.717, 1.165) is 12.1 Å². The van der Waals surface area contributed by atoms with E-state index in [2.05, 4.69) is 11.9 Å². The van der Waals surface area contributed by atoms with Crippen LogP contribution in [0, 0.1) is 10.1 Å². The van der Waals surface area contributed by atoms with Crippen molar-refractivity contribution in [2.24, 2.45) is 0 Å². The Morgan fingerprint density at radius 1 is 1.50 bits per heavy atom. The normalized spacial score (nSPS) is 10.8. The summed E-state index contributed by atoms with van der Waals surface area (Å²) in [5.74, 6) is -1.99. The van der Waals surface area contributed by atoms with Gasteiger partial charge in [-0.1, -0.05) is 17.7 Å². The summed E-state index contributed by atoms with van der Waals surface area (Å²) in [4.78, 5) is 21.7. The minimum absolute atomic E-state index is 0.113. The molecule has 1 aromatic rings. The molecule has 9 heteroatoms. The Balaban J connectivity index is 2.91. The van der Waals surface area contributed by atoms with Gasteiger partial charge in [-0.25, -0.2) is 8.42 Å². The zero-order valence-electron chi connectivity index (χ0n) is 10.2. The van der Waals surface area contributed by atoms with Gasteiger partial charge in [-0.05, 0) is 12.1 Å². The molecule has 108 valence electrons. The summed E-state index contributed by atoms with van der Waals surface area (Å²) in [5, 5.41) is 13.1. The smallest absolute Gasteiger partial charge is 0.294 e. The van der Waals surface area contributed by atoms with Gasteiger partial charge in [0, 0.05) is 11.1 Å². The largest absolute Gasteiger partial charge is 0.319 e. The van der Waals surface area contributed by atoms with Gasteiger partial charge in [0.15, 0.2) is 9.84 Å². The molecule has 0 unspecified atom stereocenters. The summed E-state index contributed by atoms with van der Waals surface area (Å²) in [7, 11) is -3.62. The van der Waals surface area contributed by atoms with Crippen LogP contribution in [0.5, 0.6) is 0 Å². The van der Waals surface area contributed by atoms with Crippen LogP contribution in [-0.2, 0) is 14.6 Å². The van der Waals surface area contributed by atoms with Crippen molar-refractivity contribution >= 4 is 38.7 Å². The van der Waals surface area contributed by atoms with E-state index in [4.69, 9.17) is 11.6 Å². The molecule has 0 aliphatic heterocycles. The Morgan fingerprint density at radius 3 is 2.70 bits per heavy atom. The van der Waals surface area contributed by atoms with Gasteiger partial charge in [0.2, 0.25) is 5.91 Å². The summed E-state index contributed by atoms with van der Waals surface area (Å²) in [6, 6.07) is 3.65. The van der Waals surface area contributed by atoms with Crippen molar-refractivity contribution in [3.8, 4) is 0 Å². The first-order valence-electron chi connectivity index (χ1n) is 5.30. The maximum Gasteiger partial charge on any atom is 0.294 e. The number of nitro benzene ring substituents is 1. The second-order valence-electron chi connectivity index (χ2n) is 3.81. The van der Waals surface area contributed by atoms with Crippen LogP contribution >= 0.6 is 11.6 Å². The summed E-state index contributed by atoms with van der Waals surface area (Å²) < 4.78 is 22.8. The van der Waals surface area contributed by atoms with Crippen molar-refractivity contribution in [1.82, 2.24) is 0 Å². The van der Waals surface area contributed by atoms with E-state index in [9.17, 15) is 23.3 Å². The molecule has 1 N–H and O–H groups in total. The molecular weight excluding hydrogens is 308 g/mol. The molecule has 0 atom stereocenters. The van der Waals surface area contributed by atoms with Crippen molar-refractivity contribution in [3.63, 3.8) is 0 Å². The molecule has 0 aliphatic rings. The number of sulfone groups is 1. The van der Waals surface area contributed by atoms with Crippen molar-refractivity contribution in [2.45, 2.75) is 0 Å². The first-order valence-corrected chi connectivity index (χ1v) is 7.50. The van der Waals surface area contributed by atoms with E-state index in [-0.39, 0.29) is 16.5 Å². The van der Waals surface area contributed by atoms with Crippen LogP contribution in [0.3, 0.4) is 0 Å². The number of rotatable bonds is 6. The average molecular weight is 319 g/mol. The van der Waals surface area contributed by atoms with E-state index in [0.29, 0.717) is 0 Å². The van der Waals surface area contributed by atoms with E-state index in [1.165, 1.54) is 12.1 Å². The van der Waals surface area contributed by atoms with E-state index in [1.54, 1.807) is 0 Å². The second-order valence-corrected chi connectivity index (χ2v) is 6.36. The monoisotopic (exact) mass is 318 g/mol. The molecule has 0 aromatic heterocycles. The van der Waals surface area contributed by atoms with Gasteiger partial charge in [-0.2, -0.15) is 0 Å². The molecule has 0 fully saturated rings. The van der Waals surface area contributed by atoms with Gasteiger partial charge in [0.25, 0.3) is 5.69 Å². The number of nitrogens with one attached hydrogen (secondary N) is 1.